The van der Waals surface area contributed by atoms with Gasteiger partial charge in [0, 0.05) is 0 Å². The first-order valence-corrected chi connectivity index (χ1v) is 6.01. The second-order valence-electron chi connectivity index (χ2n) is 4.68. The van der Waals surface area contributed by atoms with Gasteiger partial charge < -0.3 is 15.9 Å². The Morgan fingerprint density at radius 3 is 2.65 bits per heavy atom. The van der Waals surface area contributed by atoms with Crippen LogP contribution in [0, 0.1) is 13.8 Å². The molecule has 3 aromatic rings. The SMILES string of the molecule is Cc1cc2nc(-c3cnc(N)[nH]3)c(=O)n(O)c2cc1C. The molecule has 20 heavy (non-hydrogen) atoms. The third-order valence-corrected chi connectivity index (χ3v) is 3.30. The van der Waals surface area contributed by atoms with Gasteiger partial charge in [0.05, 0.1) is 17.4 Å². The molecule has 0 amide bonds. The van der Waals surface area contributed by atoms with E-state index in [1.54, 1.807) is 6.07 Å². The maximum atomic E-state index is 12.2. The highest BCUT2D eigenvalue weighted by Crippen LogP contribution is 2.19. The van der Waals surface area contributed by atoms with Crippen LogP contribution in [0.3, 0.4) is 0 Å². The summed E-state index contributed by atoms with van der Waals surface area (Å²) in [6.07, 6.45) is 1.41. The number of anilines is 1. The molecule has 3 rings (SSSR count). The predicted molar refractivity (Wildman–Crippen MR) is 74.7 cm³/mol. The highest BCUT2D eigenvalue weighted by molar-refractivity contribution is 5.78. The van der Waals surface area contributed by atoms with Crippen LogP contribution >= 0.6 is 0 Å². The van der Waals surface area contributed by atoms with Crippen molar-refractivity contribution >= 4 is 17.0 Å². The van der Waals surface area contributed by atoms with Gasteiger partial charge in [-0.2, -0.15) is 0 Å². The number of nitrogens with one attached hydrogen (secondary N) is 1. The quantitative estimate of drug-likeness (QED) is 0.576. The Kier molecular flexibility index (Phi) is 2.50. The number of imidazole rings is 1. The van der Waals surface area contributed by atoms with Gasteiger partial charge in [0.2, 0.25) is 0 Å². The summed E-state index contributed by atoms with van der Waals surface area (Å²) in [5, 5.41) is 10.0. The zero-order chi connectivity index (χ0) is 14.4. The summed E-state index contributed by atoms with van der Waals surface area (Å²) in [4.78, 5) is 23.0. The molecule has 0 aliphatic heterocycles. The molecule has 0 atom stereocenters. The third-order valence-electron chi connectivity index (χ3n) is 3.30. The van der Waals surface area contributed by atoms with E-state index >= 15 is 0 Å². The minimum Gasteiger partial charge on any atom is -0.425 e. The molecule has 2 aromatic heterocycles. The Morgan fingerprint density at radius 1 is 1.30 bits per heavy atom. The van der Waals surface area contributed by atoms with E-state index in [4.69, 9.17) is 5.73 Å². The number of rotatable bonds is 1. The molecular formula is C13H13N5O2. The number of hydrogen-bond acceptors (Lipinski definition) is 5. The van der Waals surface area contributed by atoms with Crippen LogP contribution < -0.4 is 11.3 Å². The first-order chi connectivity index (χ1) is 9.47. The van der Waals surface area contributed by atoms with Gasteiger partial charge in [-0.1, -0.05) is 0 Å². The van der Waals surface area contributed by atoms with Gasteiger partial charge >= 0.3 is 5.56 Å². The molecule has 0 radical (unpaired) electrons. The Bertz CT molecular complexity index is 878. The number of nitrogens with zero attached hydrogens (tertiary/aromatic N) is 3. The molecule has 0 fully saturated rings. The van der Waals surface area contributed by atoms with Crippen molar-refractivity contribution in [1.82, 2.24) is 19.7 Å². The maximum Gasteiger partial charge on any atom is 0.311 e. The molecule has 102 valence electrons. The van der Waals surface area contributed by atoms with Gasteiger partial charge in [0.15, 0.2) is 11.6 Å². The van der Waals surface area contributed by atoms with E-state index in [9.17, 15) is 10.0 Å². The van der Waals surface area contributed by atoms with E-state index in [1.165, 1.54) is 6.20 Å². The molecule has 0 bridgehead atoms. The summed E-state index contributed by atoms with van der Waals surface area (Å²) in [5.41, 5.74) is 8.22. The molecule has 0 saturated heterocycles. The largest absolute Gasteiger partial charge is 0.425 e. The Morgan fingerprint density at radius 2 is 2.00 bits per heavy atom. The van der Waals surface area contributed by atoms with E-state index in [2.05, 4.69) is 15.0 Å². The average molecular weight is 271 g/mol. The van der Waals surface area contributed by atoms with Gasteiger partial charge in [-0.3, -0.25) is 4.79 Å². The second-order valence-corrected chi connectivity index (χ2v) is 4.68. The minimum absolute atomic E-state index is 0.0763. The molecule has 1 aromatic carbocycles. The Balaban J connectivity index is 2.38. The number of hydrogen-bond donors (Lipinski definition) is 3. The number of H-pyrrole nitrogens is 1. The lowest BCUT2D eigenvalue weighted by atomic mass is 10.1. The van der Waals surface area contributed by atoms with Crippen molar-refractivity contribution in [3.05, 3.63) is 39.8 Å². The molecule has 7 nitrogen and oxygen atoms in total. The molecule has 0 unspecified atom stereocenters. The normalized spacial score (nSPS) is 11.1. The summed E-state index contributed by atoms with van der Waals surface area (Å²) < 4.78 is 0.598. The van der Waals surface area contributed by atoms with Crippen LogP contribution in [0.15, 0.2) is 23.1 Å². The first-order valence-electron chi connectivity index (χ1n) is 6.01. The summed E-state index contributed by atoms with van der Waals surface area (Å²) in [5.74, 6) is 0.186. The molecular weight excluding hydrogens is 258 g/mol. The van der Waals surface area contributed by atoms with Crippen molar-refractivity contribution in [2.45, 2.75) is 13.8 Å². The highest BCUT2D eigenvalue weighted by atomic mass is 16.5. The molecule has 0 aliphatic rings. The number of nitrogen functional groups attached to an aromatic ring is 1. The third kappa shape index (κ3) is 1.71. The lowest BCUT2D eigenvalue weighted by molar-refractivity contribution is 0.188. The zero-order valence-corrected chi connectivity index (χ0v) is 11.0. The van der Waals surface area contributed by atoms with Gasteiger partial charge in [-0.05, 0) is 37.1 Å². The molecule has 0 saturated carbocycles. The second kappa shape index (κ2) is 4.09. The van der Waals surface area contributed by atoms with Crippen LogP contribution in [-0.4, -0.2) is 24.9 Å². The number of fused-ring (bicyclic) bond motifs is 1. The Hall–Kier alpha value is -2.83. The lowest BCUT2D eigenvalue weighted by Crippen LogP contribution is -2.22. The van der Waals surface area contributed by atoms with Crippen molar-refractivity contribution in [3.63, 3.8) is 0 Å². The van der Waals surface area contributed by atoms with Crippen molar-refractivity contribution in [2.75, 3.05) is 5.73 Å². The van der Waals surface area contributed by atoms with Crippen molar-refractivity contribution in [3.8, 4) is 11.4 Å². The van der Waals surface area contributed by atoms with Crippen LogP contribution in [-0.2, 0) is 0 Å². The van der Waals surface area contributed by atoms with Crippen LogP contribution in [0.2, 0.25) is 0 Å². The fourth-order valence-corrected chi connectivity index (χ4v) is 2.06. The van der Waals surface area contributed by atoms with Gasteiger partial charge in [0.1, 0.15) is 5.52 Å². The fraction of sp³-hybridized carbons (Fsp3) is 0.154. The van der Waals surface area contributed by atoms with Gasteiger partial charge in [-0.25, -0.2) is 9.97 Å². The van der Waals surface area contributed by atoms with Gasteiger partial charge in [-0.15, -0.1) is 4.73 Å². The lowest BCUT2D eigenvalue weighted by Gasteiger charge is -2.08. The predicted octanol–water partition coefficient (Wildman–Crippen LogP) is 1.22. The number of aromatic amines is 1. The molecule has 2 heterocycles. The van der Waals surface area contributed by atoms with Crippen molar-refractivity contribution in [1.29, 1.82) is 0 Å². The van der Waals surface area contributed by atoms with Crippen molar-refractivity contribution < 1.29 is 5.21 Å². The highest BCUT2D eigenvalue weighted by Gasteiger charge is 2.14. The average Bonchev–Trinajstić information content (AvgIpc) is 2.83. The summed E-state index contributed by atoms with van der Waals surface area (Å²) in [6.45, 7) is 3.85. The van der Waals surface area contributed by atoms with E-state index in [-0.39, 0.29) is 11.6 Å². The molecule has 4 N–H and O–H groups in total. The van der Waals surface area contributed by atoms with Crippen LogP contribution in [0.25, 0.3) is 22.4 Å². The van der Waals surface area contributed by atoms with Gasteiger partial charge in [0.25, 0.3) is 0 Å². The number of aromatic nitrogens is 4. The Labute approximate surface area is 113 Å². The minimum atomic E-state index is -0.621. The number of aryl methyl sites for hydroxylation is 2. The maximum absolute atomic E-state index is 12.2. The topological polar surface area (TPSA) is 110 Å². The fourth-order valence-electron chi connectivity index (χ4n) is 2.06. The standard InChI is InChI=1S/C13H13N5O2/c1-6-3-8-10(4-7(6)2)18(20)12(19)11(16-8)9-5-15-13(14)17-9/h3-5,20H,1-2H3,(H3,14,15,17). The summed E-state index contributed by atoms with van der Waals surface area (Å²) in [7, 11) is 0. The monoisotopic (exact) mass is 271 g/mol. The number of nitrogens with two attached hydrogens (primary N) is 1. The molecule has 0 aliphatic carbocycles. The van der Waals surface area contributed by atoms with E-state index in [0.717, 1.165) is 11.1 Å². The van der Waals surface area contributed by atoms with E-state index in [0.29, 0.717) is 21.5 Å². The summed E-state index contributed by atoms with van der Waals surface area (Å²) in [6, 6.07) is 3.55. The van der Waals surface area contributed by atoms with Crippen LogP contribution in [0.1, 0.15) is 11.1 Å². The molecule has 0 spiro atoms. The van der Waals surface area contributed by atoms with Crippen molar-refractivity contribution in [2.24, 2.45) is 0 Å². The van der Waals surface area contributed by atoms with E-state index < -0.39 is 5.56 Å². The first kappa shape index (κ1) is 12.2. The van der Waals surface area contributed by atoms with Crippen LogP contribution in [0.4, 0.5) is 5.95 Å². The van der Waals surface area contributed by atoms with Crippen LogP contribution in [0.5, 0.6) is 0 Å². The number of benzene rings is 1. The summed E-state index contributed by atoms with van der Waals surface area (Å²) >= 11 is 0. The molecule has 7 heteroatoms. The smallest absolute Gasteiger partial charge is 0.311 e. The van der Waals surface area contributed by atoms with E-state index in [1.807, 2.05) is 19.9 Å². The zero-order valence-electron chi connectivity index (χ0n) is 11.0.